The van der Waals surface area contributed by atoms with Crippen LogP contribution in [0, 0.1) is 33.8 Å². The first-order chi connectivity index (χ1) is 7.58. The van der Waals surface area contributed by atoms with E-state index in [-0.39, 0.29) is 0 Å². The van der Waals surface area contributed by atoms with Gasteiger partial charge in [-0.15, -0.1) is 0 Å². The average Bonchev–Trinajstić information content (AvgIpc) is 2.19. The monoisotopic (exact) mass is 209 g/mol. The van der Waals surface area contributed by atoms with E-state index in [0.29, 0.717) is 0 Å². The summed E-state index contributed by atoms with van der Waals surface area (Å²) < 4.78 is 0. The molecule has 0 aliphatic rings. The first-order valence-corrected chi connectivity index (χ1v) is 5.65. The Hall–Kier alpha value is -1.56. The van der Waals surface area contributed by atoms with Crippen molar-refractivity contribution in [2.24, 2.45) is 0 Å². The summed E-state index contributed by atoms with van der Waals surface area (Å²) in [6.07, 6.45) is 0. The van der Waals surface area contributed by atoms with Crippen LogP contribution in [0.15, 0.2) is 30.3 Å². The minimum atomic E-state index is 1.20. The fourth-order valence-corrected chi connectivity index (χ4v) is 2.15. The lowest BCUT2D eigenvalue weighted by atomic mass is 9.94. The fourth-order valence-electron chi connectivity index (χ4n) is 2.15. The molecular formula is C16H17. The lowest BCUT2D eigenvalue weighted by molar-refractivity contribution is 1.33. The van der Waals surface area contributed by atoms with E-state index >= 15 is 0 Å². The van der Waals surface area contributed by atoms with Gasteiger partial charge >= 0.3 is 0 Å². The molecule has 0 bridgehead atoms. The number of benzene rings is 2. The van der Waals surface area contributed by atoms with Gasteiger partial charge < -0.3 is 0 Å². The topological polar surface area (TPSA) is 0 Å². The summed E-state index contributed by atoms with van der Waals surface area (Å²) in [5, 5.41) is 0. The van der Waals surface area contributed by atoms with Crippen LogP contribution >= 0.6 is 0 Å². The molecule has 0 amide bonds. The third-order valence-electron chi connectivity index (χ3n) is 2.96. The molecule has 0 spiro atoms. The smallest absolute Gasteiger partial charge is 0.0114 e. The second kappa shape index (κ2) is 4.13. The molecule has 16 heavy (non-hydrogen) atoms. The van der Waals surface area contributed by atoms with Gasteiger partial charge in [0.15, 0.2) is 0 Å². The van der Waals surface area contributed by atoms with Crippen molar-refractivity contribution in [3.63, 3.8) is 0 Å². The van der Waals surface area contributed by atoms with Gasteiger partial charge in [0.2, 0.25) is 0 Å². The Balaban J connectivity index is 2.59. The molecule has 0 atom stereocenters. The standard InChI is InChI=1S/C16H17/c1-11-5-7-15(13(3)9-11)16-8-6-12(2)10-14(16)4/h5-9H,1-4H3. The zero-order valence-corrected chi connectivity index (χ0v) is 10.4. The highest BCUT2D eigenvalue weighted by atomic mass is 14.1. The summed E-state index contributed by atoms with van der Waals surface area (Å²) in [4.78, 5) is 0. The first-order valence-electron chi connectivity index (χ1n) is 5.65. The van der Waals surface area contributed by atoms with Gasteiger partial charge in [-0.05, 0) is 61.6 Å². The quantitative estimate of drug-likeness (QED) is 0.653. The van der Waals surface area contributed by atoms with Crippen molar-refractivity contribution in [3.05, 3.63) is 58.7 Å². The Kier molecular flexibility index (Phi) is 2.82. The van der Waals surface area contributed by atoms with Crippen LogP contribution in [0.3, 0.4) is 0 Å². The minimum Gasteiger partial charge on any atom is -0.0587 e. The molecule has 0 aliphatic carbocycles. The normalized spacial score (nSPS) is 10.5. The molecular weight excluding hydrogens is 192 g/mol. The lowest BCUT2D eigenvalue weighted by Gasteiger charge is -2.10. The van der Waals surface area contributed by atoms with Crippen molar-refractivity contribution < 1.29 is 0 Å². The highest BCUT2D eigenvalue weighted by Crippen LogP contribution is 2.27. The van der Waals surface area contributed by atoms with Gasteiger partial charge in [0.1, 0.15) is 0 Å². The SMILES string of the molecule is Cc1[c]c(C)c(-c2ccc(C)cc2C)cc1. The predicted octanol–water partition coefficient (Wildman–Crippen LogP) is 4.39. The largest absolute Gasteiger partial charge is 0.0587 e. The molecule has 1 radical (unpaired) electrons. The molecule has 0 nitrogen and oxygen atoms in total. The maximum atomic E-state index is 3.38. The molecule has 2 rings (SSSR count). The molecule has 0 fully saturated rings. The van der Waals surface area contributed by atoms with Gasteiger partial charge in [0.25, 0.3) is 0 Å². The summed E-state index contributed by atoms with van der Waals surface area (Å²) >= 11 is 0. The highest BCUT2D eigenvalue weighted by molar-refractivity contribution is 5.70. The first kappa shape index (κ1) is 10.9. The Bertz CT molecular complexity index is 472. The van der Waals surface area contributed by atoms with Crippen LogP contribution in [0.25, 0.3) is 11.1 Å². The third kappa shape index (κ3) is 2.01. The van der Waals surface area contributed by atoms with Gasteiger partial charge in [-0.2, -0.15) is 0 Å². The summed E-state index contributed by atoms with van der Waals surface area (Å²) in [5.74, 6) is 0. The molecule has 0 heteroatoms. The van der Waals surface area contributed by atoms with Crippen LogP contribution in [0.5, 0.6) is 0 Å². The number of rotatable bonds is 1. The van der Waals surface area contributed by atoms with Gasteiger partial charge in [-0.25, -0.2) is 0 Å². The number of aryl methyl sites for hydroxylation is 4. The van der Waals surface area contributed by atoms with Gasteiger partial charge in [-0.3, -0.25) is 0 Å². The van der Waals surface area contributed by atoms with Gasteiger partial charge in [0.05, 0.1) is 0 Å². The molecule has 2 aromatic carbocycles. The van der Waals surface area contributed by atoms with E-state index < -0.39 is 0 Å². The Labute approximate surface area is 97.9 Å². The lowest BCUT2D eigenvalue weighted by Crippen LogP contribution is -1.89. The highest BCUT2D eigenvalue weighted by Gasteiger charge is 2.05. The van der Waals surface area contributed by atoms with Crippen molar-refractivity contribution in [1.29, 1.82) is 0 Å². The number of hydrogen-bond donors (Lipinski definition) is 0. The Morgan fingerprint density at radius 1 is 0.812 bits per heavy atom. The zero-order valence-electron chi connectivity index (χ0n) is 10.4. The molecule has 0 saturated carbocycles. The Morgan fingerprint density at radius 3 is 2.12 bits per heavy atom. The maximum Gasteiger partial charge on any atom is -0.0114 e. The average molecular weight is 209 g/mol. The van der Waals surface area contributed by atoms with E-state index in [1.807, 2.05) is 0 Å². The molecule has 0 N–H and O–H groups in total. The van der Waals surface area contributed by atoms with Crippen LogP contribution in [0.4, 0.5) is 0 Å². The van der Waals surface area contributed by atoms with E-state index in [1.165, 1.54) is 33.4 Å². The van der Waals surface area contributed by atoms with Crippen molar-refractivity contribution in [2.45, 2.75) is 27.7 Å². The summed E-state index contributed by atoms with van der Waals surface area (Å²) in [5.41, 5.74) is 7.69. The Morgan fingerprint density at radius 2 is 1.50 bits per heavy atom. The number of hydrogen-bond acceptors (Lipinski definition) is 0. The van der Waals surface area contributed by atoms with E-state index in [2.05, 4.69) is 64.1 Å². The van der Waals surface area contributed by atoms with Crippen molar-refractivity contribution in [1.82, 2.24) is 0 Å². The molecule has 0 saturated heterocycles. The van der Waals surface area contributed by atoms with Crippen molar-refractivity contribution >= 4 is 0 Å². The molecule has 0 aromatic heterocycles. The van der Waals surface area contributed by atoms with E-state index in [4.69, 9.17) is 0 Å². The second-order valence-electron chi connectivity index (χ2n) is 4.50. The molecule has 81 valence electrons. The van der Waals surface area contributed by atoms with Gasteiger partial charge in [0, 0.05) is 0 Å². The molecule has 2 aromatic rings. The summed E-state index contributed by atoms with van der Waals surface area (Å²) in [6, 6.07) is 14.3. The molecule has 0 heterocycles. The van der Waals surface area contributed by atoms with E-state index in [9.17, 15) is 0 Å². The van der Waals surface area contributed by atoms with E-state index in [0.717, 1.165) is 0 Å². The van der Waals surface area contributed by atoms with Crippen LogP contribution in [-0.4, -0.2) is 0 Å². The zero-order chi connectivity index (χ0) is 11.7. The third-order valence-corrected chi connectivity index (χ3v) is 2.96. The van der Waals surface area contributed by atoms with E-state index in [1.54, 1.807) is 0 Å². The summed E-state index contributed by atoms with van der Waals surface area (Å²) in [6.45, 7) is 8.51. The van der Waals surface area contributed by atoms with Crippen LogP contribution in [-0.2, 0) is 0 Å². The summed E-state index contributed by atoms with van der Waals surface area (Å²) in [7, 11) is 0. The fraction of sp³-hybridized carbons (Fsp3) is 0.250. The minimum absolute atomic E-state index is 1.20. The second-order valence-corrected chi connectivity index (χ2v) is 4.50. The van der Waals surface area contributed by atoms with Crippen molar-refractivity contribution in [2.75, 3.05) is 0 Å². The maximum absolute atomic E-state index is 3.38. The van der Waals surface area contributed by atoms with Gasteiger partial charge in [-0.1, -0.05) is 35.9 Å². The predicted molar refractivity (Wildman–Crippen MR) is 69.7 cm³/mol. The van der Waals surface area contributed by atoms with Crippen LogP contribution in [0.1, 0.15) is 22.3 Å². The van der Waals surface area contributed by atoms with Crippen molar-refractivity contribution in [3.8, 4) is 11.1 Å². The molecule has 0 aliphatic heterocycles. The molecule has 0 unspecified atom stereocenters. The van der Waals surface area contributed by atoms with Crippen LogP contribution in [0.2, 0.25) is 0 Å². The van der Waals surface area contributed by atoms with Crippen LogP contribution < -0.4 is 0 Å².